The van der Waals surface area contributed by atoms with E-state index in [1.807, 2.05) is 0 Å². The fraction of sp³-hybridized carbons (Fsp3) is 0.278. The minimum atomic E-state index is -4.30. The number of alkyl halides is 3. The van der Waals surface area contributed by atoms with E-state index in [0.717, 1.165) is 0 Å². The van der Waals surface area contributed by atoms with E-state index < -0.39 is 17.7 Å². The molecule has 1 N–H and O–H groups in total. The average molecular weight is 386 g/mol. The molecule has 0 saturated carbocycles. The van der Waals surface area contributed by atoms with Crippen LogP contribution >= 0.6 is 11.8 Å². The fourth-order valence-corrected chi connectivity index (χ4v) is 2.98. The van der Waals surface area contributed by atoms with Crippen LogP contribution in [0.3, 0.4) is 0 Å². The lowest BCUT2D eigenvalue weighted by Crippen LogP contribution is -2.19. The summed E-state index contributed by atoms with van der Waals surface area (Å²) in [4.78, 5) is 4.58. The van der Waals surface area contributed by atoms with Gasteiger partial charge in [-0.25, -0.2) is 9.38 Å². The van der Waals surface area contributed by atoms with Crippen molar-refractivity contribution in [2.24, 2.45) is 4.99 Å². The summed E-state index contributed by atoms with van der Waals surface area (Å²) in [5.74, 6) is -0.584. The van der Waals surface area contributed by atoms with Gasteiger partial charge < -0.3 is 10.1 Å². The third-order valence-electron chi connectivity index (χ3n) is 3.47. The number of amidine groups is 1. The summed E-state index contributed by atoms with van der Waals surface area (Å²) in [5.41, 5.74) is 1.10. The first-order chi connectivity index (χ1) is 12.2. The number of rotatable bonds is 5. The Labute approximate surface area is 153 Å². The van der Waals surface area contributed by atoms with E-state index in [4.69, 9.17) is 4.74 Å². The molecule has 8 heteroatoms. The molecule has 0 aliphatic heterocycles. The van der Waals surface area contributed by atoms with E-state index in [1.54, 1.807) is 45.3 Å². The van der Waals surface area contributed by atoms with Crippen molar-refractivity contribution >= 4 is 23.3 Å². The first kappa shape index (κ1) is 20.1. The molecule has 0 unspecified atom stereocenters. The Kier molecular flexibility index (Phi) is 6.52. The van der Waals surface area contributed by atoms with Crippen molar-refractivity contribution in [2.75, 3.05) is 19.9 Å². The quantitative estimate of drug-likeness (QED) is 0.336. The predicted molar refractivity (Wildman–Crippen MR) is 96.2 cm³/mol. The molecule has 0 aliphatic carbocycles. The Hall–Kier alpha value is -2.22. The van der Waals surface area contributed by atoms with Gasteiger partial charge in [-0.3, -0.25) is 0 Å². The predicted octanol–water partition coefficient (Wildman–Crippen LogP) is 5.09. The number of nitrogens with zero attached hydrogens (tertiary/aromatic N) is 1. The Bertz CT molecular complexity index is 789. The molecule has 0 amide bonds. The van der Waals surface area contributed by atoms with Crippen LogP contribution in [-0.2, 0) is 0 Å². The first-order valence-electron chi connectivity index (χ1n) is 7.64. The number of hydrogen-bond donors (Lipinski definition) is 1. The van der Waals surface area contributed by atoms with Crippen LogP contribution in [0.25, 0.3) is 0 Å². The number of nitrogens with one attached hydrogen (secondary N) is 1. The lowest BCUT2D eigenvalue weighted by atomic mass is 10.2. The maximum absolute atomic E-state index is 14.2. The molecule has 2 rings (SSSR count). The van der Waals surface area contributed by atoms with Crippen LogP contribution in [0.5, 0.6) is 5.75 Å². The molecule has 2 aromatic carbocycles. The van der Waals surface area contributed by atoms with Crippen LogP contribution in [0.4, 0.5) is 23.2 Å². The SMILES string of the molecule is CN/C(=N/c1cc(SCC(F)(F)F)c(C)cc1F)c1ccc(OC)cc1. The largest absolute Gasteiger partial charge is 0.497 e. The molecule has 0 radical (unpaired) electrons. The van der Waals surface area contributed by atoms with Gasteiger partial charge in [-0.2, -0.15) is 13.2 Å². The van der Waals surface area contributed by atoms with Crippen molar-refractivity contribution in [3.05, 3.63) is 53.3 Å². The van der Waals surface area contributed by atoms with Gasteiger partial charge in [0, 0.05) is 17.5 Å². The standard InChI is InChI=1S/C18H18F4N2OS/c1-11-8-14(19)15(9-16(11)26-10-18(20,21)22)24-17(23-2)12-4-6-13(25-3)7-5-12/h4-9H,10H2,1-3H3,(H,23,24). The number of thioether (sulfide) groups is 1. The van der Waals surface area contributed by atoms with Crippen molar-refractivity contribution in [1.82, 2.24) is 5.32 Å². The van der Waals surface area contributed by atoms with Crippen LogP contribution in [0.1, 0.15) is 11.1 Å². The molecular formula is C18H18F4N2OS. The zero-order chi connectivity index (χ0) is 19.3. The Morgan fingerprint density at radius 3 is 2.38 bits per heavy atom. The molecule has 2 aromatic rings. The highest BCUT2D eigenvalue weighted by Gasteiger charge is 2.27. The van der Waals surface area contributed by atoms with E-state index in [1.165, 1.54) is 12.1 Å². The lowest BCUT2D eigenvalue weighted by Gasteiger charge is -2.11. The molecule has 0 bridgehead atoms. The zero-order valence-electron chi connectivity index (χ0n) is 14.4. The molecular weight excluding hydrogens is 368 g/mol. The molecule has 0 saturated heterocycles. The third-order valence-corrected chi connectivity index (χ3v) is 4.69. The highest BCUT2D eigenvalue weighted by Crippen LogP contribution is 2.33. The van der Waals surface area contributed by atoms with Crippen molar-refractivity contribution in [3.8, 4) is 5.75 Å². The van der Waals surface area contributed by atoms with Gasteiger partial charge in [0.25, 0.3) is 0 Å². The smallest absolute Gasteiger partial charge is 0.398 e. The maximum Gasteiger partial charge on any atom is 0.398 e. The number of ether oxygens (including phenoxy) is 1. The summed E-state index contributed by atoms with van der Waals surface area (Å²) in [7, 11) is 3.18. The summed E-state index contributed by atoms with van der Waals surface area (Å²) in [6, 6.07) is 9.50. The summed E-state index contributed by atoms with van der Waals surface area (Å²) < 4.78 is 56.7. The van der Waals surface area contributed by atoms with Gasteiger partial charge in [0.1, 0.15) is 23.1 Å². The Morgan fingerprint density at radius 1 is 1.19 bits per heavy atom. The minimum absolute atomic E-state index is 0.0274. The number of methoxy groups -OCH3 is 1. The normalized spacial score (nSPS) is 12.2. The van der Waals surface area contributed by atoms with Gasteiger partial charge in [-0.05, 0) is 48.9 Å². The van der Waals surface area contributed by atoms with Crippen molar-refractivity contribution in [2.45, 2.75) is 18.0 Å². The molecule has 3 nitrogen and oxygen atoms in total. The van der Waals surface area contributed by atoms with Crippen molar-refractivity contribution < 1.29 is 22.3 Å². The Morgan fingerprint density at radius 2 is 1.85 bits per heavy atom. The lowest BCUT2D eigenvalue weighted by molar-refractivity contribution is -0.105. The minimum Gasteiger partial charge on any atom is -0.497 e. The highest BCUT2D eigenvalue weighted by molar-refractivity contribution is 7.99. The monoisotopic (exact) mass is 386 g/mol. The molecule has 26 heavy (non-hydrogen) atoms. The molecule has 0 spiro atoms. The second-order valence-corrected chi connectivity index (χ2v) is 6.43. The highest BCUT2D eigenvalue weighted by atomic mass is 32.2. The molecule has 0 fully saturated rings. The number of hydrogen-bond acceptors (Lipinski definition) is 3. The molecule has 140 valence electrons. The zero-order valence-corrected chi connectivity index (χ0v) is 15.3. The van der Waals surface area contributed by atoms with Crippen LogP contribution in [0.15, 0.2) is 46.3 Å². The van der Waals surface area contributed by atoms with E-state index in [0.29, 0.717) is 39.4 Å². The van der Waals surface area contributed by atoms with Gasteiger partial charge in [0.2, 0.25) is 0 Å². The summed E-state index contributed by atoms with van der Waals surface area (Å²) in [5, 5.41) is 2.88. The first-order valence-corrected chi connectivity index (χ1v) is 8.62. The summed E-state index contributed by atoms with van der Waals surface area (Å²) >= 11 is 0.614. The van der Waals surface area contributed by atoms with Crippen molar-refractivity contribution in [3.63, 3.8) is 0 Å². The van der Waals surface area contributed by atoms with E-state index in [9.17, 15) is 17.6 Å². The van der Waals surface area contributed by atoms with Crippen LogP contribution in [-0.4, -0.2) is 31.9 Å². The third kappa shape index (κ3) is 5.39. The molecule has 0 atom stereocenters. The molecule has 0 heterocycles. The van der Waals surface area contributed by atoms with Crippen LogP contribution < -0.4 is 10.1 Å². The Balaban J connectivity index is 2.36. The summed E-state index contributed by atoms with van der Waals surface area (Å²) in [6.07, 6.45) is -4.30. The molecule has 0 aromatic heterocycles. The number of halogens is 4. The number of aryl methyl sites for hydroxylation is 1. The van der Waals surface area contributed by atoms with Gasteiger partial charge >= 0.3 is 6.18 Å². The van der Waals surface area contributed by atoms with Crippen LogP contribution in [0.2, 0.25) is 0 Å². The maximum atomic E-state index is 14.2. The fourth-order valence-electron chi connectivity index (χ4n) is 2.18. The van der Waals surface area contributed by atoms with Crippen LogP contribution in [0, 0.1) is 12.7 Å². The summed E-state index contributed by atoms with van der Waals surface area (Å²) in [6.45, 7) is 1.57. The number of benzene rings is 2. The average Bonchev–Trinajstić information content (AvgIpc) is 2.59. The van der Waals surface area contributed by atoms with E-state index >= 15 is 0 Å². The molecule has 0 aliphatic rings. The topological polar surface area (TPSA) is 33.6 Å². The van der Waals surface area contributed by atoms with Gasteiger partial charge in [-0.1, -0.05) is 0 Å². The van der Waals surface area contributed by atoms with E-state index in [-0.39, 0.29) is 5.69 Å². The van der Waals surface area contributed by atoms with Gasteiger partial charge in [0.05, 0.1) is 12.9 Å². The second-order valence-electron chi connectivity index (χ2n) is 5.41. The van der Waals surface area contributed by atoms with Gasteiger partial charge in [0.15, 0.2) is 0 Å². The second kappa shape index (κ2) is 8.44. The number of aliphatic imine (C=N–C) groups is 1. The van der Waals surface area contributed by atoms with Gasteiger partial charge in [-0.15, -0.1) is 11.8 Å². The van der Waals surface area contributed by atoms with E-state index in [2.05, 4.69) is 10.3 Å². The van der Waals surface area contributed by atoms with Crippen molar-refractivity contribution in [1.29, 1.82) is 0 Å².